The molecular weight excluding hydrogens is 351 g/mol. The van der Waals surface area contributed by atoms with Gasteiger partial charge in [-0.25, -0.2) is 4.68 Å². The van der Waals surface area contributed by atoms with Crippen LogP contribution in [0.2, 0.25) is 25.7 Å². The number of nitrogens with zero attached hydrogens (tertiary/aromatic N) is 2. The Hall–Kier alpha value is -1.03. The van der Waals surface area contributed by atoms with E-state index >= 15 is 0 Å². The van der Waals surface area contributed by atoms with Crippen LogP contribution in [0.3, 0.4) is 0 Å². The molecule has 0 aromatic carbocycles. The van der Waals surface area contributed by atoms with Gasteiger partial charge in [0, 0.05) is 14.7 Å². The van der Waals surface area contributed by atoms with Gasteiger partial charge in [0.05, 0.1) is 11.3 Å². The van der Waals surface area contributed by atoms with Crippen LogP contribution in [0.1, 0.15) is 23.2 Å². The maximum atomic E-state index is 13.1. The van der Waals surface area contributed by atoms with E-state index in [-0.39, 0.29) is 23.1 Å². The first-order chi connectivity index (χ1) is 10.5. The van der Waals surface area contributed by atoms with E-state index < -0.39 is 26.2 Å². The summed E-state index contributed by atoms with van der Waals surface area (Å²) in [5.74, 6) is 0. The molecule has 1 atom stereocenters. The summed E-state index contributed by atoms with van der Waals surface area (Å²) in [6.45, 7) is 6.86. The third kappa shape index (κ3) is 4.49. The number of rotatable bonds is 5. The summed E-state index contributed by atoms with van der Waals surface area (Å²) in [5, 5.41) is 15.8. The summed E-state index contributed by atoms with van der Waals surface area (Å²) in [7, 11) is -1.29. The number of aromatic nitrogens is 2. The smallest absolute Gasteiger partial charge is 0.369 e. The monoisotopic (exact) mass is 369 g/mol. The predicted octanol–water partition coefficient (Wildman–Crippen LogP) is 3.35. The van der Waals surface area contributed by atoms with Gasteiger partial charge in [0.25, 0.3) is 0 Å². The fourth-order valence-electron chi connectivity index (χ4n) is 2.11. The van der Waals surface area contributed by atoms with Gasteiger partial charge in [0.15, 0.2) is 11.9 Å². The molecule has 1 aliphatic rings. The van der Waals surface area contributed by atoms with Gasteiger partial charge < -0.3 is 15.2 Å². The molecule has 0 bridgehead atoms. The third-order valence-electron chi connectivity index (χ3n) is 3.32. The van der Waals surface area contributed by atoms with Gasteiger partial charge in [-0.15, -0.1) is 0 Å². The first kappa shape index (κ1) is 18.3. The van der Waals surface area contributed by atoms with E-state index in [4.69, 9.17) is 16.3 Å². The number of aliphatic hydroxyl groups is 1. The zero-order valence-corrected chi connectivity index (χ0v) is 14.8. The van der Waals surface area contributed by atoms with E-state index in [2.05, 4.69) is 30.1 Å². The Bertz CT molecular complexity index is 611. The van der Waals surface area contributed by atoms with Crippen LogP contribution >= 0.6 is 11.6 Å². The summed E-state index contributed by atoms with van der Waals surface area (Å²) in [4.78, 5) is 0. The van der Waals surface area contributed by atoms with Gasteiger partial charge in [0.2, 0.25) is 0 Å². The van der Waals surface area contributed by atoms with E-state index in [1.54, 1.807) is 0 Å². The van der Waals surface area contributed by atoms with Crippen molar-refractivity contribution >= 4 is 25.8 Å². The summed E-state index contributed by atoms with van der Waals surface area (Å²) in [6.07, 6.45) is -4.93. The van der Waals surface area contributed by atoms with Crippen LogP contribution in [0.5, 0.6) is 0 Å². The molecule has 130 valence electrons. The van der Waals surface area contributed by atoms with E-state index in [0.29, 0.717) is 6.61 Å². The van der Waals surface area contributed by atoms with Gasteiger partial charge in [-0.1, -0.05) is 31.2 Å². The Balaban J connectivity index is 2.24. The molecule has 2 heterocycles. The maximum Gasteiger partial charge on any atom is 0.435 e. The lowest BCUT2D eigenvalue weighted by Crippen LogP contribution is -2.25. The number of hydrogen-bond acceptors (Lipinski definition) is 4. The lowest BCUT2D eigenvalue weighted by atomic mass is 10.1. The first-order valence-corrected chi connectivity index (χ1v) is 11.1. The molecule has 10 heteroatoms. The Morgan fingerprint density at radius 3 is 2.65 bits per heavy atom. The quantitative estimate of drug-likeness (QED) is 0.475. The summed E-state index contributed by atoms with van der Waals surface area (Å²) in [5.41, 5.74) is -1.38. The van der Waals surface area contributed by atoms with Crippen molar-refractivity contribution in [2.75, 3.05) is 6.61 Å². The summed E-state index contributed by atoms with van der Waals surface area (Å²) in [6, 6.07) is 0.892. The topological polar surface area (TPSA) is 59.3 Å². The zero-order valence-electron chi connectivity index (χ0n) is 13.0. The highest BCUT2D eigenvalue weighted by molar-refractivity contribution is 6.76. The molecule has 1 aromatic heterocycles. The minimum atomic E-state index is -4.67. The molecule has 0 fully saturated rings. The second kappa shape index (κ2) is 6.46. The van der Waals surface area contributed by atoms with E-state index in [9.17, 15) is 18.3 Å². The van der Waals surface area contributed by atoms with Gasteiger partial charge in [0.1, 0.15) is 11.9 Å². The SMILES string of the molecule is C[Si](C)(C)CCOCn1nc(C(F)(F)F)c2c1C=C(Cl)NC2O. The Kier molecular flexibility index (Phi) is 5.14. The van der Waals surface area contributed by atoms with Crippen molar-refractivity contribution in [3.8, 4) is 0 Å². The number of fused-ring (bicyclic) bond motifs is 1. The molecule has 1 unspecified atom stereocenters. The number of ether oxygens (including phenoxy) is 1. The van der Waals surface area contributed by atoms with Crippen molar-refractivity contribution in [2.24, 2.45) is 0 Å². The molecule has 2 rings (SSSR count). The van der Waals surface area contributed by atoms with Crippen molar-refractivity contribution in [3.05, 3.63) is 22.1 Å². The van der Waals surface area contributed by atoms with Gasteiger partial charge in [-0.2, -0.15) is 18.3 Å². The van der Waals surface area contributed by atoms with Crippen LogP contribution in [-0.4, -0.2) is 29.6 Å². The normalized spacial score (nSPS) is 18.4. The van der Waals surface area contributed by atoms with Crippen molar-refractivity contribution in [3.63, 3.8) is 0 Å². The van der Waals surface area contributed by atoms with Crippen LogP contribution in [0, 0.1) is 0 Å². The molecule has 0 radical (unpaired) electrons. The molecule has 23 heavy (non-hydrogen) atoms. The molecule has 2 N–H and O–H groups in total. The van der Waals surface area contributed by atoms with E-state index in [1.807, 2.05) is 0 Å². The fourth-order valence-corrected chi connectivity index (χ4v) is 3.08. The predicted molar refractivity (Wildman–Crippen MR) is 83.3 cm³/mol. The van der Waals surface area contributed by atoms with Gasteiger partial charge in [-0.3, -0.25) is 0 Å². The van der Waals surface area contributed by atoms with Gasteiger partial charge >= 0.3 is 6.18 Å². The maximum absolute atomic E-state index is 13.1. The Labute approximate surface area is 138 Å². The highest BCUT2D eigenvalue weighted by Crippen LogP contribution is 2.38. The molecule has 0 aliphatic carbocycles. The van der Waals surface area contributed by atoms with Crippen LogP contribution in [0.15, 0.2) is 5.16 Å². The van der Waals surface area contributed by atoms with E-state index in [1.165, 1.54) is 6.08 Å². The average Bonchev–Trinajstić information content (AvgIpc) is 2.72. The Morgan fingerprint density at radius 2 is 2.09 bits per heavy atom. The van der Waals surface area contributed by atoms with Crippen molar-refractivity contribution < 1.29 is 23.0 Å². The van der Waals surface area contributed by atoms with Crippen LogP contribution in [0.25, 0.3) is 6.08 Å². The van der Waals surface area contributed by atoms with Gasteiger partial charge in [-0.05, 0) is 12.1 Å². The van der Waals surface area contributed by atoms with Crippen molar-refractivity contribution in [2.45, 2.75) is 44.8 Å². The fraction of sp³-hybridized carbons (Fsp3) is 0.615. The van der Waals surface area contributed by atoms with Crippen LogP contribution < -0.4 is 5.32 Å². The Morgan fingerprint density at radius 1 is 1.43 bits per heavy atom. The number of halogens is 4. The second-order valence-electron chi connectivity index (χ2n) is 6.53. The number of aliphatic hydroxyl groups excluding tert-OH is 1. The second-order valence-corrected chi connectivity index (χ2v) is 12.6. The molecule has 0 saturated carbocycles. The largest absolute Gasteiger partial charge is 0.435 e. The minimum absolute atomic E-state index is 0.0435. The average molecular weight is 370 g/mol. The number of hydrogen-bond donors (Lipinski definition) is 2. The third-order valence-corrected chi connectivity index (χ3v) is 5.24. The lowest BCUT2D eigenvalue weighted by Gasteiger charge is -2.20. The molecular formula is C13H19ClF3N3O2Si. The highest BCUT2D eigenvalue weighted by atomic mass is 35.5. The highest BCUT2D eigenvalue weighted by Gasteiger charge is 2.42. The van der Waals surface area contributed by atoms with Crippen molar-refractivity contribution in [1.29, 1.82) is 0 Å². The first-order valence-electron chi connectivity index (χ1n) is 7.06. The van der Waals surface area contributed by atoms with E-state index in [0.717, 1.165) is 10.7 Å². The number of alkyl halides is 3. The standard InChI is InChI=1S/C13H19ClF3N3O2Si/c1-23(2,3)5-4-22-7-20-8-6-9(14)18-12(21)10(8)11(19-20)13(15,16)17/h6,12,18,21H,4-5,7H2,1-3H3. The summed E-state index contributed by atoms with van der Waals surface area (Å²) >= 11 is 5.79. The molecule has 0 amide bonds. The molecule has 0 saturated heterocycles. The minimum Gasteiger partial charge on any atom is -0.369 e. The molecule has 0 spiro atoms. The molecule has 1 aliphatic heterocycles. The summed E-state index contributed by atoms with van der Waals surface area (Å²) < 4.78 is 45.8. The lowest BCUT2D eigenvalue weighted by molar-refractivity contribution is -0.143. The van der Waals surface area contributed by atoms with Crippen LogP contribution in [0.4, 0.5) is 13.2 Å². The van der Waals surface area contributed by atoms with Crippen LogP contribution in [-0.2, 0) is 17.6 Å². The molecule has 1 aromatic rings. The number of nitrogens with one attached hydrogen (secondary N) is 1. The van der Waals surface area contributed by atoms with Crippen molar-refractivity contribution in [1.82, 2.24) is 15.1 Å². The zero-order chi connectivity index (χ0) is 17.4. The molecule has 5 nitrogen and oxygen atoms in total.